The second-order valence-electron chi connectivity index (χ2n) is 9.45. The maximum Gasteiger partial charge on any atom is 0.248 e. The first-order valence-corrected chi connectivity index (χ1v) is 12.2. The summed E-state index contributed by atoms with van der Waals surface area (Å²) in [6, 6.07) is -0.752. The van der Waals surface area contributed by atoms with Crippen molar-refractivity contribution in [2.24, 2.45) is 11.8 Å². The number of carbonyl (C=O) groups excluding carboxylic acids is 3. The standard InChI is InChI=1S/C25H39N3O5/c1-5-8-15-27(14-7-3)24(32)21-25-12-11-18(33-25)19(22(30)26(4)13-6-2)20(25)23(31)28(21)16-9-10-17-29/h6-7,18-21,29H,2-3,5,8-17H2,1,4H3/t18-,19+,20+,21?,25?/m1/s1. The number of carbonyl (C=O) groups is 3. The van der Waals surface area contributed by atoms with Gasteiger partial charge in [-0.1, -0.05) is 25.5 Å². The average molecular weight is 462 g/mol. The van der Waals surface area contributed by atoms with Gasteiger partial charge in [0.05, 0.1) is 17.9 Å². The summed E-state index contributed by atoms with van der Waals surface area (Å²) in [5.41, 5.74) is -0.973. The van der Waals surface area contributed by atoms with Crippen LogP contribution < -0.4 is 0 Å². The first-order chi connectivity index (χ1) is 15.9. The minimum absolute atomic E-state index is 0.0281. The van der Waals surface area contributed by atoms with Crippen LogP contribution in [0, 0.1) is 11.8 Å². The van der Waals surface area contributed by atoms with Crippen LogP contribution in [0.2, 0.25) is 0 Å². The Balaban J connectivity index is 1.97. The third kappa shape index (κ3) is 4.47. The van der Waals surface area contributed by atoms with Crippen LogP contribution in [0.5, 0.6) is 0 Å². The number of nitrogens with zero attached hydrogens (tertiary/aromatic N) is 3. The molecule has 5 atom stereocenters. The van der Waals surface area contributed by atoms with E-state index in [2.05, 4.69) is 20.1 Å². The van der Waals surface area contributed by atoms with Crippen LogP contribution in [0.25, 0.3) is 0 Å². The highest BCUT2D eigenvalue weighted by Gasteiger charge is 2.74. The molecule has 0 saturated carbocycles. The summed E-state index contributed by atoms with van der Waals surface area (Å²) in [5.74, 6) is -1.67. The maximum atomic E-state index is 13.9. The molecule has 3 rings (SSSR count). The number of hydrogen-bond acceptors (Lipinski definition) is 5. The lowest BCUT2D eigenvalue weighted by Crippen LogP contribution is -2.56. The molecule has 33 heavy (non-hydrogen) atoms. The average Bonchev–Trinajstić information content (AvgIpc) is 3.44. The van der Waals surface area contributed by atoms with Crippen molar-refractivity contribution >= 4 is 17.7 Å². The summed E-state index contributed by atoms with van der Waals surface area (Å²) in [5, 5.41) is 9.26. The SMILES string of the molecule is C=CCN(C)C(=O)[C@@H]1[C@H]2C(=O)N(CCCCO)C(C(=O)N(CC=C)CCCC)C23CC[C@H]1O3. The molecule has 3 aliphatic heterocycles. The minimum Gasteiger partial charge on any atom is -0.396 e. The fraction of sp³-hybridized carbons (Fsp3) is 0.720. The molecule has 8 heteroatoms. The summed E-state index contributed by atoms with van der Waals surface area (Å²) in [6.45, 7) is 11.4. The Hall–Kier alpha value is -2.19. The summed E-state index contributed by atoms with van der Waals surface area (Å²) < 4.78 is 6.46. The highest BCUT2D eigenvalue weighted by molar-refractivity contribution is 5.99. The van der Waals surface area contributed by atoms with Crippen molar-refractivity contribution < 1.29 is 24.2 Å². The molecule has 8 nitrogen and oxygen atoms in total. The molecule has 2 unspecified atom stereocenters. The molecule has 2 bridgehead atoms. The van der Waals surface area contributed by atoms with Gasteiger partial charge in [-0.05, 0) is 32.1 Å². The zero-order valence-electron chi connectivity index (χ0n) is 20.1. The van der Waals surface area contributed by atoms with Gasteiger partial charge in [0, 0.05) is 39.8 Å². The van der Waals surface area contributed by atoms with Gasteiger partial charge in [0.25, 0.3) is 0 Å². The van der Waals surface area contributed by atoms with E-state index in [1.807, 2.05) is 0 Å². The number of likely N-dealkylation sites (tertiary alicyclic amines) is 1. The molecule has 0 aromatic carbocycles. The van der Waals surface area contributed by atoms with Crippen LogP contribution in [0.3, 0.4) is 0 Å². The molecule has 0 aliphatic carbocycles. The summed E-state index contributed by atoms with van der Waals surface area (Å²) in [7, 11) is 1.71. The maximum absolute atomic E-state index is 13.9. The van der Waals surface area contributed by atoms with E-state index in [9.17, 15) is 19.5 Å². The first kappa shape index (κ1) is 25.4. The lowest BCUT2D eigenvalue weighted by atomic mass is 9.70. The van der Waals surface area contributed by atoms with Gasteiger partial charge in [0.15, 0.2) is 0 Å². The van der Waals surface area contributed by atoms with Crippen molar-refractivity contribution in [3.63, 3.8) is 0 Å². The van der Waals surface area contributed by atoms with Crippen molar-refractivity contribution in [2.45, 2.75) is 63.2 Å². The molecule has 3 saturated heterocycles. The zero-order valence-corrected chi connectivity index (χ0v) is 20.1. The van der Waals surface area contributed by atoms with E-state index in [1.54, 1.807) is 33.9 Å². The molecule has 3 aliphatic rings. The van der Waals surface area contributed by atoms with E-state index in [0.717, 1.165) is 12.8 Å². The molecule has 0 aromatic rings. The number of rotatable bonds is 13. The molecule has 3 heterocycles. The molecule has 0 radical (unpaired) electrons. The first-order valence-electron chi connectivity index (χ1n) is 12.2. The zero-order chi connectivity index (χ0) is 24.2. The number of unbranched alkanes of at least 4 members (excludes halogenated alkanes) is 2. The summed E-state index contributed by atoms with van der Waals surface area (Å²) in [6.07, 6.45) is 7.20. The molecule has 1 spiro atoms. The van der Waals surface area contributed by atoms with Gasteiger partial charge < -0.3 is 24.5 Å². The molecule has 3 amide bonds. The van der Waals surface area contributed by atoms with Crippen LogP contribution >= 0.6 is 0 Å². The third-order valence-corrected chi connectivity index (χ3v) is 7.35. The van der Waals surface area contributed by atoms with Crippen molar-refractivity contribution in [1.29, 1.82) is 0 Å². The molecule has 1 N–H and O–H groups in total. The third-order valence-electron chi connectivity index (χ3n) is 7.35. The van der Waals surface area contributed by atoms with Gasteiger partial charge in [0.1, 0.15) is 11.6 Å². The summed E-state index contributed by atoms with van der Waals surface area (Å²) in [4.78, 5) is 46.0. The van der Waals surface area contributed by atoms with Crippen LogP contribution in [0.1, 0.15) is 45.4 Å². The van der Waals surface area contributed by atoms with E-state index in [-0.39, 0.29) is 30.4 Å². The fourth-order valence-electron chi connectivity index (χ4n) is 5.86. The van der Waals surface area contributed by atoms with Crippen molar-refractivity contribution in [1.82, 2.24) is 14.7 Å². The monoisotopic (exact) mass is 461 g/mol. The Kier molecular flexibility index (Phi) is 8.34. The van der Waals surface area contributed by atoms with E-state index >= 15 is 0 Å². The van der Waals surface area contributed by atoms with E-state index in [1.165, 1.54) is 0 Å². The largest absolute Gasteiger partial charge is 0.396 e. The van der Waals surface area contributed by atoms with Crippen molar-refractivity contribution in [3.05, 3.63) is 25.3 Å². The number of hydrogen-bond donors (Lipinski definition) is 1. The Morgan fingerprint density at radius 2 is 1.94 bits per heavy atom. The van der Waals surface area contributed by atoms with Gasteiger partial charge in [0.2, 0.25) is 17.7 Å². The van der Waals surface area contributed by atoms with E-state index < -0.39 is 23.5 Å². The normalized spacial score (nSPS) is 29.8. The van der Waals surface area contributed by atoms with E-state index in [4.69, 9.17) is 4.74 Å². The Bertz CT molecular complexity index is 771. The second-order valence-corrected chi connectivity index (χ2v) is 9.45. The molecule has 184 valence electrons. The molecular formula is C25H39N3O5. The van der Waals surface area contributed by atoms with Gasteiger partial charge in [-0.25, -0.2) is 0 Å². The van der Waals surface area contributed by atoms with Gasteiger partial charge >= 0.3 is 0 Å². The highest BCUT2D eigenvalue weighted by atomic mass is 16.5. The Morgan fingerprint density at radius 3 is 2.58 bits per heavy atom. The number of likely N-dealkylation sites (N-methyl/N-ethyl adjacent to an activating group) is 1. The number of amides is 3. The molecule has 0 aromatic heterocycles. The smallest absolute Gasteiger partial charge is 0.248 e. The number of ether oxygens (including phenoxy) is 1. The van der Waals surface area contributed by atoms with Crippen LogP contribution in [-0.2, 0) is 19.1 Å². The van der Waals surface area contributed by atoms with Gasteiger partial charge in [-0.2, -0.15) is 0 Å². The topological polar surface area (TPSA) is 90.4 Å². The quantitative estimate of drug-likeness (QED) is 0.332. The minimum atomic E-state index is -0.973. The van der Waals surface area contributed by atoms with Crippen LogP contribution in [-0.4, -0.2) is 95.1 Å². The van der Waals surface area contributed by atoms with Crippen LogP contribution in [0.15, 0.2) is 25.3 Å². The second kappa shape index (κ2) is 10.8. The fourth-order valence-corrected chi connectivity index (χ4v) is 5.86. The highest BCUT2D eigenvalue weighted by Crippen LogP contribution is 2.58. The molecule has 3 fully saturated rings. The number of aliphatic hydroxyl groups excluding tert-OH is 1. The number of aliphatic hydroxyl groups is 1. The van der Waals surface area contributed by atoms with Gasteiger partial charge in [-0.15, -0.1) is 13.2 Å². The predicted molar refractivity (Wildman–Crippen MR) is 125 cm³/mol. The lowest BCUT2D eigenvalue weighted by Gasteiger charge is -2.37. The lowest BCUT2D eigenvalue weighted by molar-refractivity contribution is -0.148. The Morgan fingerprint density at radius 1 is 1.21 bits per heavy atom. The molecular weight excluding hydrogens is 422 g/mol. The Labute approximate surface area is 197 Å². The van der Waals surface area contributed by atoms with E-state index in [0.29, 0.717) is 51.9 Å². The van der Waals surface area contributed by atoms with Crippen LogP contribution in [0.4, 0.5) is 0 Å². The summed E-state index contributed by atoms with van der Waals surface area (Å²) >= 11 is 0. The van der Waals surface area contributed by atoms with Gasteiger partial charge in [-0.3, -0.25) is 14.4 Å². The predicted octanol–water partition coefficient (Wildman–Crippen LogP) is 1.59. The van der Waals surface area contributed by atoms with Crippen molar-refractivity contribution in [3.8, 4) is 0 Å². The number of fused-ring (bicyclic) bond motifs is 1. The van der Waals surface area contributed by atoms with Crippen molar-refractivity contribution in [2.75, 3.05) is 39.8 Å².